The molecule has 0 N–H and O–H groups in total. The Morgan fingerprint density at radius 3 is 1.24 bits per heavy atom. The van der Waals surface area contributed by atoms with Gasteiger partial charge in [0.1, 0.15) is 0 Å². The third kappa shape index (κ3) is 5.68. The molecule has 0 spiro atoms. The van der Waals surface area contributed by atoms with Gasteiger partial charge in [0.15, 0.2) is 0 Å². The number of benzene rings is 11. The number of hydrogen-bond donors (Lipinski definition) is 0. The highest BCUT2D eigenvalue weighted by Gasteiger charge is 2.38. The van der Waals surface area contributed by atoms with Crippen molar-refractivity contribution in [3.63, 3.8) is 0 Å². The van der Waals surface area contributed by atoms with E-state index in [1.54, 1.807) is 0 Å². The smallest absolute Gasteiger partial charge is 0.0502 e. The molecule has 70 heavy (non-hydrogen) atoms. The quantitative estimate of drug-likeness (QED) is 0.162. The van der Waals surface area contributed by atoms with Gasteiger partial charge in [-0.05, 0) is 165 Å². The first kappa shape index (κ1) is 40.6. The Morgan fingerprint density at radius 2 is 0.714 bits per heavy atom. The van der Waals surface area contributed by atoms with Crippen LogP contribution in [-0.2, 0) is 10.8 Å². The zero-order valence-electron chi connectivity index (χ0n) is 39.9. The van der Waals surface area contributed by atoms with Gasteiger partial charge >= 0.3 is 0 Å². The monoisotopic (exact) mass is 894 g/mol. The highest BCUT2D eigenvalue weighted by molar-refractivity contribution is 6.23. The topological polar surface area (TPSA) is 6.48 Å². The van der Waals surface area contributed by atoms with E-state index in [4.69, 9.17) is 0 Å². The van der Waals surface area contributed by atoms with Crippen molar-refractivity contribution in [3.05, 3.63) is 258 Å². The fourth-order valence-electron chi connectivity index (χ4n) is 12.7. The van der Waals surface area contributed by atoms with Gasteiger partial charge in [-0.25, -0.2) is 0 Å². The second-order valence-corrected chi connectivity index (χ2v) is 20.5. The number of nitrogens with zero attached hydrogens (tertiary/aromatic N) is 2. The van der Waals surface area contributed by atoms with Crippen LogP contribution in [0.25, 0.3) is 71.3 Å². The molecule has 2 heterocycles. The average molecular weight is 895 g/mol. The van der Waals surface area contributed by atoms with Crippen LogP contribution >= 0.6 is 0 Å². The lowest BCUT2D eigenvalue weighted by atomic mass is 9.73. The maximum absolute atomic E-state index is 4.68. The van der Waals surface area contributed by atoms with Crippen LogP contribution in [0.2, 0.25) is 0 Å². The Bertz CT molecular complexity index is 3790. The fourth-order valence-corrected chi connectivity index (χ4v) is 12.7. The van der Waals surface area contributed by atoms with Gasteiger partial charge in [-0.15, -0.1) is 0 Å². The summed E-state index contributed by atoms with van der Waals surface area (Å²) in [5.41, 5.74) is 22.8. The summed E-state index contributed by atoms with van der Waals surface area (Å²) in [4.78, 5) is 5.00. The normalized spacial score (nSPS) is 14.8. The molecule has 2 heteroatoms. The van der Waals surface area contributed by atoms with Gasteiger partial charge in [-0.1, -0.05) is 192 Å². The van der Waals surface area contributed by atoms with Crippen molar-refractivity contribution in [1.29, 1.82) is 0 Å². The Labute approximate surface area is 410 Å². The maximum atomic E-state index is 4.68. The number of anilines is 6. The predicted octanol–water partition coefficient (Wildman–Crippen LogP) is 18.7. The summed E-state index contributed by atoms with van der Waals surface area (Å²) in [7, 11) is 0. The molecular weight excluding hydrogens is 845 g/mol. The molecule has 1 aliphatic carbocycles. The predicted molar refractivity (Wildman–Crippen MR) is 297 cm³/mol. The number of hydrogen-bond acceptors (Lipinski definition) is 2. The first-order valence-electron chi connectivity index (χ1n) is 24.6. The lowest BCUT2D eigenvalue weighted by Crippen LogP contribution is -2.30. The van der Waals surface area contributed by atoms with Gasteiger partial charge in [-0.3, -0.25) is 0 Å². The van der Waals surface area contributed by atoms with Gasteiger partial charge in [0.2, 0.25) is 0 Å². The molecule has 11 aromatic carbocycles. The standard InChI is InChI=1S/C68H50N2/c1-42-49-20-8-9-21-50(49)51-35-32-46(39-54(42)51)65-52-36-33-47(69-61-26-14-10-22-57(61)67(2,3)58-23-11-15-27-62(58)69)40-55(52)66(45-31-30-43-18-6-7-19-44(43)38-45)56-41-48(34-37-53(56)65)70-63-28-16-12-24-59(63)68(4,5)60-25-13-17-29-64(60)70/h6-41H,1H2,2-5H3. The molecule has 0 saturated heterocycles. The second-order valence-electron chi connectivity index (χ2n) is 20.5. The van der Waals surface area contributed by atoms with Crippen LogP contribution in [0.1, 0.15) is 61.1 Å². The average Bonchev–Trinajstić information content (AvgIpc) is 3.68. The van der Waals surface area contributed by atoms with E-state index in [0.29, 0.717) is 0 Å². The first-order chi connectivity index (χ1) is 34.2. The van der Waals surface area contributed by atoms with Crippen molar-refractivity contribution in [1.82, 2.24) is 0 Å². The summed E-state index contributed by atoms with van der Waals surface area (Å²) in [6.45, 7) is 14.1. The highest BCUT2D eigenvalue weighted by Crippen LogP contribution is 2.56. The molecule has 3 aliphatic rings. The maximum Gasteiger partial charge on any atom is 0.0502 e. The van der Waals surface area contributed by atoms with E-state index >= 15 is 0 Å². The van der Waals surface area contributed by atoms with E-state index in [-0.39, 0.29) is 10.8 Å². The zero-order valence-corrected chi connectivity index (χ0v) is 39.9. The van der Waals surface area contributed by atoms with E-state index in [2.05, 4.69) is 262 Å². The summed E-state index contributed by atoms with van der Waals surface area (Å²) >= 11 is 0. The number of fused-ring (bicyclic) bond motifs is 10. The summed E-state index contributed by atoms with van der Waals surface area (Å²) in [6.07, 6.45) is 0. The molecule has 14 rings (SSSR count). The van der Waals surface area contributed by atoms with Crippen LogP contribution in [0.5, 0.6) is 0 Å². The van der Waals surface area contributed by atoms with Crippen LogP contribution in [0.4, 0.5) is 34.1 Å². The van der Waals surface area contributed by atoms with Crippen molar-refractivity contribution in [2.45, 2.75) is 38.5 Å². The Balaban J connectivity index is 1.11. The molecule has 0 unspecified atom stereocenters. The van der Waals surface area contributed by atoms with Crippen LogP contribution in [-0.4, -0.2) is 0 Å². The molecule has 0 aromatic heterocycles. The van der Waals surface area contributed by atoms with Crippen LogP contribution in [0.15, 0.2) is 225 Å². The Kier molecular flexibility index (Phi) is 8.57. The van der Waals surface area contributed by atoms with E-state index in [1.165, 1.54) is 122 Å². The van der Waals surface area contributed by atoms with Crippen molar-refractivity contribution >= 4 is 72.0 Å². The van der Waals surface area contributed by atoms with E-state index in [9.17, 15) is 0 Å². The third-order valence-corrected chi connectivity index (χ3v) is 16.1. The molecule has 2 aliphatic heterocycles. The van der Waals surface area contributed by atoms with Gasteiger partial charge < -0.3 is 9.80 Å². The molecule has 332 valence electrons. The largest absolute Gasteiger partial charge is 0.310 e. The van der Waals surface area contributed by atoms with Gasteiger partial charge in [-0.2, -0.15) is 0 Å². The van der Waals surface area contributed by atoms with Crippen LogP contribution in [0.3, 0.4) is 0 Å². The van der Waals surface area contributed by atoms with Crippen molar-refractivity contribution < 1.29 is 0 Å². The van der Waals surface area contributed by atoms with E-state index in [1.807, 2.05) is 0 Å². The third-order valence-electron chi connectivity index (χ3n) is 16.1. The van der Waals surface area contributed by atoms with Crippen molar-refractivity contribution in [2.75, 3.05) is 9.80 Å². The molecule has 0 bridgehead atoms. The zero-order chi connectivity index (χ0) is 47.0. The molecule has 0 saturated carbocycles. The van der Waals surface area contributed by atoms with Crippen LogP contribution in [0, 0.1) is 0 Å². The molecule has 0 atom stereocenters. The highest BCUT2D eigenvalue weighted by atomic mass is 15.2. The van der Waals surface area contributed by atoms with Crippen molar-refractivity contribution in [2.24, 2.45) is 0 Å². The molecule has 11 aromatic rings. The number of rotatable bonds is 4. The number of para-hydroxylation sites is 4. The van der Waals surface area contributed by atoms with Crippen LogP contribution < -0.4 is 9.80 Å². The SMILES string of the molecule is C=C1c2ccccc2-c2ccc(-c3c4ccc(N5c6ccccc6C(C)(C)c6ccccc65)cc4c(-c4ccc5ccccc5c4)c4cc(N5c6ccccc6C(C)(C)c6ccccc65)ccc34)cc21. The Morgan fingerprint density at radius 1 is 0.314 bits per heavy atom. The molecule has 0 fully saturated rings. The summed E-state index contributed by atoms with van der Waals surface area (Å²) in [6, 6.07) is 81.9. The summed E-state index contributed by atoms with van der Waals surface area (Å²) in [5.74, 6) is 0. The molecule has 2 nitrogen and oxygen atoms in total. The Hall–Kier alpha value is -8.46. The van der Waals surface area contributed by atoms with E-state index < -0.39 is 0 Å². The lowest BCUT2D eigenvalue weighted by Gasteiger charge is -2.42. The molecular formula is C68H50N2. The summed E-state index contributed by atoms with van der Waals surface area (Å²) < 4.78 is 0. The van der Waals surface area contributed by atoms with Gasteiger partial charge in [0.05, 0.1) is 22.7 Å². The van der Waals surface area contributed by atoms with E-state index in [0.717, 1.165) is 16.9 Å². The minimum atomic E-state index is -0.172. The molecule has 0 radical (unpaired) electrons. The minimum Gasteiger partial charge on any atom is -0.310 e. The van der Waals surface area contributed by atoms with Crippen molar-refractivity contribution in [3.8, 4) is 33.4 Å². The first-order valence-corrected chi connectivity index (χ1v) is 24.6. The lowest BCUT2D eigenvalue weighted by molar-refractivity contribution is 0.632. The fraction of sp³-hybridized carbons (Fsp3) is 0.0882. The molecule has 0 amide bonds. The summed E-state index contributed by atoms with van der Waals surface area (Å²) in [5, 5.41) is 7.28. The minimum absolute atomic E-state index is 0.172. The van der Waals surface area contributed by atoms with Gasteiger partial charge in [0.25, 0.3) is 0 Å². The van der Waals surface area contributed by atoms with Gasteiger partial charge in [0, 0.05) is 22.2 Å². The second kappa shape index (κ2) is 14.8.